The standard InChI is InChI=1S/C26H33N3O3/c1-20-9-11-21(12-10-20)17-24(30)29-15-16-32-26(19-29)23(22-7-5-4-6-8-22)18-28(25(26)31)14-13-27(2)3/h4-12,23H,13-19H2,1-3H3. The van der Waals surface area contributed by atoms with Crippen LogP contribution in [0.15, 0.2) is 54.6 Å². The van der Waals surface area contributed by atoms with E-state index in [1.54, 1.807) is 0 Å². The number of hydrogen-bond acceptors (Lipinski definition) is 4. The highest BCUT2D eigenvalue weighted by Gasteiger charge is 2.58. The van der Waals surface area contributed by atoms with Gasteiger partial charge in [-0.1, -0.05) is 60.2 Å². The average Bonchev–Trinajstić information content (AvgIpc) is 3.05. The number of morpholine rings is 1. The summed E-state index contributed by atoms with van der Waals surface area (Å²) in [6.45, 7) is 5.27. The first-order valence-electron chi connectivity index (χ1n) is 11.4. The lowest BCUT2D eigenvalue weighted by molar-refractivity contribution is -0.167. The van der Waals surface area contributed by atoms with E-state index in [4.69, 9.17) is 4.74 Å². The minimum absolute atomic E-state index is 0.000962. The average molecular weight is 436 g/mol. The summed E-state index contributed by atoms with van der Waals surface area (Å²) in [4.78, 5) is 32.7. The minimum atomic E-state index is -1.02. The van der Waals surface area contributed by atoms with Gasteiger partial charge in [0.05, 0.1) is 19.6 Å². The van der Waals surface area contributed by atoms with E-state index < -0.39 is 5.60 Å². The van der Waals surface area contributed by atoms with E-state index in [9.17, 15) is 9.59 Å². The summed E-state index contributed by atoms with van der Waals surface area (Å²) in [7, 11) is 4.02. The van der Waals surface area contributed by atoms with Gasteiger partial charge in [0.25, 0.3) is 5.91 Å². The molecule has 0 radical (unpaired) electrons. The summed E-state index contributed by atoms with van der Waals surface area (Å²) in [5.41, 5.74) is 2.23. The molecule has 170 valence electrons. The van der Waals surface area contributed by atoms with Gasteiger partial charge in [0.2, 0.25) is 5.91 Å². The quantitative estimate of drug-likeness (QED) is 0.699. The molecule has 2 aromatic rings. The van der Waals surface area contributed by atoms with Crippen LogP contribution in [-0.4, -0.2) is 85.5 Å². The summed E-state index contributed by atoms with van der Waals surface area (Å²) in [6, 6.07) is 18.2. The molecule has 2 atom stereocenters. The lowest BCUT2D eigenvalue weighted by atomic mass is 9.83. The fourth-order valence-corrected chi connectivity index (χ4v) is 4.73. The van der Waals surface area contributed by atoms with Crippen LogP contribution >= 0.6 is 0 Å². The second-order valence-electron chi connectivity index (χ2n) is 9.23. The van der Waals surface area contributed by atoms with Gasteiger partial charge in [0.15, 0.2) is 5.60 Å². The summed E-state index contributed by atoms with van der Waals surface area (Å²) >= 11 is 0. The van der Waals surface area contributed by atoms with E-state index >= 15 is 0 Å². The molecule has 6 heteroatoms. The molecule has 2 amide bonds. The van der Waals surface area contributed by atoms with Crippen LogP contribution in [0.4, 0.5) is 0 Å². The van der Waals surface area contributed by atoms with Crippen LogP contribution in [0.1, 0.15) is 22.6 Å². The largest absolute Gasteiger partial charge is 0.361 e. The summed E-state index contributed by atoms with van der Waals surface area (Å²) < 4.78 is 6.29. The molecule has 2 aliphatic rings. The predicted octanol–water partition coefficient (Wildman–Crippen LogP) is 2.32. The molecule has 0 aromatic heterocycles. The third-order valence-electron chi connectivity index (χ3n) is 6.61. The third-order valence-corrected chi connectivity index (χ3v) is 6.61. The van der Waals surface area contributed by atoms with Crippen LogP contribution < -0.4 is 0 Å². The number of carbonyl (C=O) groups excluding carboxylic acids is 2. The number of carbonyl (C=O) groups is 2. The molecule has 2 aromatic carbocycles. The fourth-order valence-electron chi connectivity index (χ4n) is 4.73. The number of nitrogens with zero attached hydrogens (tertiary/aromatic N) is 3. The van der Waals surface area contributed by atoms with Crippen molar-refractivity contribution in [3.63, 3.8) is 0 Å². The van der Waals surface area contributed by atoms with Gasteiger partial charge in [0, 0.05) is 32.1 Å². The Morgan fingerprint density at radius 3 is 2.53 bits per heavy atom. The Morgan fingerprint density at radius 1 is 1.12 bits per heavy atom. The highest BCUT2D eigenvalue weighted by Crippen LogP contribution is 2.42. The Balaban J connectivity index is 1.58. The molecule has 2 fully saturated rings. The van der Waals surface area contributed by atoms with Crippen molar-refractivity contribution < 1.29 is 14.3 Å². The Hall–Kier alpha value is -2.70. The topological polar surface area (TPSA) is 53.1 Å². The van der Waals surface area contributed by atoms with Crippen molar-refractivity contribution in [3.05, 3.63) is 71.3 Å². The maximum absolute atomic E-state index is 13.7. The second-order valence-corrected chi connectivity index (χ2v) is 9.23. The van der Waals surface area contributed by atoms with Crippen molar-refractivity contribution >= 4 is 11.8 Å². The number of benzene rings is 2. The van der Waals surface area contributed by atoms with Gasteiger partial charge < -0.3 is 19.4 Å². The number of aryl methyl sites for hydroxylation is 1. The summed E-state index contributed by atoms with van der Waals surface area (Å²) in [5, 5.41) is 0. The Bertz CT molecular complexity index is 945. The van der Waals surface area contributed by atoms with Crippen molar-refractivity contribution in [3.8, 4) is 0 Å². The van der Waals surface area contributed by atoms with Crippen LogP contribution in [0.2, 0.25) is 0 Å². The summed E-state index contributed by atoms with van der Waals surface area (Å²) in [6.07, 6.45) is 0.338. The van der Waals surface area contributed by atoms with E-state index in [1.165, 1.54) is 5.56 Å². The molecule has 2 saturated heterocycles. The molecule has 0 bridgehead atoms. The molecule has 2 aliphatic heterocycles. The molecule has 0 N–H and O–H groups in total. The van der Waals surface area contributed by atoms with Crippen molar-refractivity contribution in [2.24, 2.45) is 0 Å². The number of ether oxygens (including phenoxy) is 1. The van der Waals surface area contributed by atoms with Gasteiger partial charge in [-0.25, -0.2) is 0 Å². The van der Waals surface area contributed by atoms with E-state index in [2.05, 4.69) is 17.0 Å². The maximum Gasteiger partial charge on any atom is 0.257 e. The zero-order valence-electron chi connectivity index (χ0n) is 19.3. The first-order valence-corrected chi connectivity index (χ1v) is 11.4. The molecule has 6 nitrogen and oxygen atoms in total. The van der Waals surface area contributed by atoms with Crippen molar-refractivity contribution in [1.29, 1.82) is 0 Å². The molecule has 0 saturated carbocycles. The molecule has 0 aliphatic carbocycles. The van der Waals surface area contributed by atoms with Crippen LogP contribution in [0.25, 0.3) is 0 Å². The smallest absolute Gasteiger partial charge is 0.257 e. The Morgan fingerprint density at radius 2 is 1.84 bits per heavy atom. The second kappa shape index (κ2) is 9.43. The monoisotopic (exact) mass is 435 g/mol. The molecule has 4 rings (SSSR count). The Labute approximate surface area is 190 Å². The molecule has 2 unspecified atom stereocenters. The van der Waals surface area contributed by atoms with Gasteiger partial charge in [0.1, 0.15) is 0 Å². The van der Waals surface area contributed by atoms with Gasteiger partial charge >= 0.3 is 0 Å². The van der Waals surface area contributed by atoms with Crippen LogP contribution in [0.5, 0.6) is 0 Å². The third kappa shape index (κ3) is 4.57. The predicted molar refractivity (Wildman–Crippen MR) is 124 cm³/mol. The highest BCUT2D eigenvalue weighted by atomic mass is 16.5. The van der Waals surface area contributed by atoms with Crippen LogP contribution in [0.3, 0.4) is 0 Å². The SMILES string of the molecule is Cc1ccc(CC(=O)N2CCOC3(C2)C(=O)N(CCN(C)C)CC3c2ccccc2)cc1. The Kier molecular flexibility index (Phi) is 6.63. The maximum atomic E-state index is 13.7. The fraction of sp³-hybridized carbons (Fsp3) is 0.462. The molecular weight excluding hydrogens is 402 g/mol. The van der Waals surface area contributed by atoms with E-state index in [-0.39, 0.29) is 17.7 Å². The zero-order chi connectivity index (χ0) is 22.7. The minimum Gasteiger partial charge on any atom is -0.361 e. The molecule has 1 spiro atoms. The van der Waals surface area contributed by atoms with Crippen molar-refractivity contribution in [2.45, 2.75) is 24.9 Å². The van der Waals surface area contributed by atoms with Crippen molar-refractivity contribution in [1.82, 2.24) is 14.7 Å². The summed E-state index contributed by atoms with van der Waals surface area (Å²) in [5.74, 6) is -0.0581. The number of likely N-dealkylation sites (tertiary alicyclic amines) is 1. The van der Waals surface area contributed by atoms with Gasteiger partial charge in [-0.2, -0.15) is 0 Å². The lowest BCUT2D eigenvalue weighted by Gasteiger charge is -2.42. The lowest BCUT2D eigenvalue weighted by Crippen LogP contribution is -2.59. The van der Waals surface area contributed by atoms with Crippen molar-refractivity contribution in [2.75, 3.05) is 53.4 Å². The molecule has 32 heavy (non-hydrogen) atoms. The van der Waals surface area contributed by atoms with E-state index in [1.807, 2.05) is 73.3 Å². The first-order chi connectivity index (χ1) is 15.4. The normalized spacial score (nSPS) is 23.4. The number of rotatable bonds is 6. The van der Waals surface area contributed by atoms with Crippen LogP contribution in [0, 0.1) is 6.92 Å². The van der Waals surface area contributed by atoms with E-state index in [0.29, 0.717) is 39.2 Å². The first kappa shape index (κ1) is 22.5. The highest BCUT2D eigenvalue weighted by molar-refractivity contribution is 5.91. The number of likely N-dealkylation sites (N-methyl/N-ethyl adjacent to an activating group) is 1. The van der Waals surface area contributed by atoms with Crippen LogP contribution in [-0.2, 0) is 20.7 Å². The van der Waals surface area contributed by atoms with E-state index in [0.717, 1.165) is 17.7 Å². The molecule has 2 heterocycles. The number of hydrogen-bond donors (Lipinski definition) is 0. The van der Waals surface area contributed by atoms with Gasteiger partial charge in [-0.3, -0.25) is 9.59 Å². The molecular formula is C26H33N3O3. The number of amides is 2. The zero-order valence-corrected chi connectivity index (χ0v) is 19.3. The van der Waals surface area contributed by atoms with Gasteiger partial charge in [-0.05, 0) is 32.1 Å². The van der Waals surface area contributed by atoms with Gasteiger partial charge in [-0.15, -0.1) is 0 Å².